The summed E-state index contributed by atoms with van der Waals surface area (Å²) in [5, 5.41) is 1.69. The third kappa shape index (κ3) is 4.23. The number of sulfone groups is 1. The quantitative estimate of drug-likeness (QED) is 0.655. The predicted molar refractivity (Wildman–Crippen MR) is 125 cm³/mol. The first-order valence-electron chi connectivity index (χ1n) is 9.43. The summed E-state index contributed by atoms with van der Waals surface area (Å²) in [5.74, 6) is 0. The standard InChI is InChI=1S/C24H25ClN2O2S/c1-14-5-6-15(2)20(9-14)17-7-8-19(18(11-17)13-26)24(27)21-12-22(25)23(10-16(21)3)30(4,28)29/h5-13H,26-27H2,1-4H3/b18-13-,24-19-. The van der Waals surface area contributed by atoms with Gasteiger partial charge < -0.3 is 11.5 Å². The smallest absolute Gasteiger partial charge is 0.177 e. The van der Waals surface area contributed by atoms with Crippen molar-refractivity contribution in [1.82, 2.24) is 0 Å². The molecule has 0 aliphatic rings. The van der Waals surface area contributed by atoms with Crippen LogP contribution in [0.25, 0.3) is 23.0 Å². The summed E-state index contributed by atoms with van der Waals surface area (Å²) >= 11 is 6.25. The van der Waals surface area contributed by atoms with Gasteiger partial charge in [-0.1, -0.05) is 47.5 Å². The van der Waals surface area contributed by atoms with Gasteiger partial charge in [0, 0.05) is 28.9 Å². The Morgan fingerprint density at radius 1 is 0.967 bits per heavy atom. The minimum absolute atomic E-state index is 0.0918. The summed E-state index contributed by atoms with van der Waals surface area (Å²) < 4.78 is 23.9. The van der Waals surface area contributed by atoms with E-state index in [9.17, 15) is 8.42 Å². The molecule has 156 valence electrons. The van der Waals surface area contributed by atoms with Crippen LogP contribution in [0.2, 0.25) is 5.02 Å². The molecule has 3 aromatic rings. The first-order valence-corrected chi connectivity index (χ1v) is 11.7. The summed E-state index contributed by atoms with van der Waals surface area (Å²) in [6, 6.07) is 15.4. The highest BCUT2D eigenvalue weighted by molar-refractivity contribution is 7.90. The zero-order valence-electron chi connectivity index (χ0n) is 17.5. The fourth-order valence-electron chi connectivity index (χ4n) is 3.53. The van der Waals surface area contributed by atoms with Crippen molar-refractivity contribution in [3.63, 3.8) is 0 Å². The van der Waals surface area contributed by atoms with Crippen LogP contribution in [0, 0.1) is 20.8 Å². The van der Waals surface area contributed by atoms with Crippen LogP contribution in [0.5, 0.6) is 0 Å². The van der Waals surface area contributed by atoms with Crippen molar-refractivity contribution >= 4 is 33.3 Å². The second-order valence-electron chi connectivity index (χ2n) is 7.57. The normalized spacial score (nSPS) is 13.4. The van der Waals surface area contributed by atoms with Gasteiger partial charge in [-0.3, -0.25) is 0 Å². The summed E-state index contributed by atoms with van der Waals surface area (Å²) in [6.07, 6.45) is 2.66. The number of rotatable bonds is 3. The van der Waals surface area contributed by atoms with Gasteiger partial charge in [-0.2, -0.15) is 0 Å². The summed E-state index contributed by atoms with van der Waals surface area (Å²) in [4.78, 5) is 0.0918. The molecular formula is C24H25ClN2O2S. The van der Waals surface area contributed by atoms with E-state index in [4.69, 9.17) is 23.1 Å². The van der Waals surface area contributed by atoms with E-state index >= 15 is 0 Å². The molecule has 0 fully saturated rings. The fraction of sp³-hybridized carbons (Fsp3) is 0.167. The Kier molecular flexibility index (Phi) is 5.97. The van der Waals surface area contributed by atoms with E-state index in [0.29, 0.717) is 11.3 Å². The molecule has 0 aliphatic carbocycles. The summed E-state index contributed by atoms with van der Waals surface area (Å²) in [6.45, 7) is 5.94. The highest BCUT2D eigenvalue weighted by Gasteiger charge is 2.16. The third-order valence-electron chi connectivity index (χ3n) is 5.19. The highest BCUT2D eigenvalue weighted by Crippen LogP contribution is 2.27. The van der Waals surface area contributed by atoms with Crippen molar-refractivity contribution < 1.29 is 8.42 Å². The van der Waals surface area contributed by atoms with E-state index in [2.05, 4.69) is 32.0 Å². The van der Waals surface area contributed by atoms with Gasteiger partial charge in [-0.25, -0.2) is 8.42 Å². The third-order valence-corrected chi connectivity index (χ3v) is 6.76. The average Bonchev–Trinajstić information content (AvgIpc) is 2.69. The maximum absolute atomic E-state index is 11.9. The Hall–Kier alpha value is -2.76. The Balaban J connectivity index is 2.25. The average molecular weight is 441 g/mol. The van der Waals surface area contributed by atoms with Gasteiger partial charge in [-0.05, 0) is 66.4 Å². The topological polar surface area (TPSA) is 86.2 Å². The molecule has 0 heterocycles. The van der Waals surface area contributed by atoms with Crippen LogP contribution >= 0.6 is 11.6 Å². The van der Waals surface area contributed by atoms with Crippen molar-refractivity contribution in [1.29, 1.82) is 0 Å². The van der Waals surface area contributed by atoms with Gasteiger partial charge in [-0.15, -0.1) is 0 Å². The summed E-state index contributed by atoms with van der Waals surface area (Å²) in [7, 11) is -3.43. The van der Waals surface area contributed by atoms with Gasteiger partial charge in [0.15, 0.2) is 9.84 Å². The van der Waals surface area contributed by atoms with Gasteiger partial charge >= 0.3 is 0 Å². The Bertz CT molecular complexity index is 1380. The summed E-state index contributed by atoms with van der Waals surface area (Å²) in [5.41, 5.74) is 18.9. The maximum atomic E-state index is 11.9. The molecule has 0 unspecified atom stereocenters. The van der Waals surface area contributed by atoms with Crippen molar-refractivity contribution in [2.45, 2.75) is 25.7 Å². The van der Waals surface area contributed by atoms with E-state index in [1.807, 2.05) is 25.1 Å². The predicted octanol–water partition coefficient (Wildman–Crippen LogP) is 3.15. The Morgan fingerprint density at radius 3 is 2.30 bits per heavy atom. The highest BCUT2D eigenvalue weighted by atomic mass is 35.5. The number of benzene rings is 3. The van der Waals surface area contributed by atoms with E-state index in [1.54, 1.807) is 12.1 Å². The fourth-order valence-corrected chi connectivity index (χ4v) is 4.92. The van der Waals surface area contributed by atoms with Crippen molar-refractivity contribution in [3.8, 4) is 11.1 Å². The molecule has 3 aromatic carbocycles. The molecule has 4 nitrogen and oxygen atoms in total. The van der Waals surface area contributed by atoms with Crippen molar-refractivity contribution in [2.75, 3.05) is 6.26 Å². The molecule has 6 heteroatoms. The molecule has 0 aromatic heterocycles. The molecule has 0 radical (unpaired) electrons. The van der Waals surface area contributed by atoms with Gasteiger partial charge in [0.25, 0.3) is 0 Å². The largest absolute Gasteiger partial charge is 0.404 e. The van der Waals surface area contributed by atoms with Gasteiger partial charge in [0.2, 0.25) is 0 Å². The first-order chi connectivity index (χ1) is 14.0. The molecule has 30 heavy (non-hydrogen) atoms. The second-order valence-corrected chi connectivity index (χ2v) is 9.96. The van der Waals surface area contributed by atoms with Crippen LogP contribution in [-0.4, -0.2) is 14.7 Å². The van der Waals surface area contributed by atoms with Gasteiger partial charge in [0.05, 0.1) is 9.92 Å². The zero-order valence-corrected chi connectivity index (χ0v) is 19.0. The van der Waals surface area contributed by atoms with E-state index in [0.717, 1.165) is 33.4 Å². The SMILES string of the molecule is Cc1ccc(C)c(-c2ccc(=C(/N)c3cc(Cl)c(S(C)(=O)=O)cc3C)/c(=C\N)c2)c1. The molecule has 4 N–H and O–H groups in total. The zero-order chi connectivity index (χ0) is 22.2. The van der Waals surface area contributed by atoms with Gasteiger partial charge in [0.1, 0.15) is 0 Å². The molecule has 0 spiro atoms. The molecule has 0 aliphatic heterocycles. The Morgan fingerprint density at radius 2 is 1.67 bits per heavy atom. The monoisotopic (exact) mass is 440 g/mol. The number of halogens is 1. The van der Waals surface area contributed by atoms with E-state index in [1.165, 1.54) is 17.3 Å². The Labute approximate surface area is 182 Å². The molecule has 0 bridgehead atoms. The first kappa shape index (κ1) is 21.9. The van der Waals surface area contributed by atoms with Crippen LogP contribution in [-0.2, 0) is 9.84 Å². The molecular weight excluding hydrogens is 416 g/mol. The van der Waals surface area contributed by atoms with Crippen molar-refractivity contribution in [2.24, 2.45) is 11.5 Å². The van der Waals surface area contributed by atoms with Crippen LogP contribution in [0.4, 0.5) is 0 Å². The number of nitrogens with two attached hydrogens (primary N) is 2. The maximum Gasteiger partial charge on any atom is 0.177 e. The minimum atomic E-state index is -3.43. The second kappa shape index (κ2) is 8.17. The molecule has 3 rings (SSSR count). The van der Waals surface area contributed by atoms with Crippen LogP contribution in [0.1, 0.15) is 22.3 Å². The molecule has 0 saturated heterocycles. The van der Waals surface area contributed by atoms with E-state index < -0.39 is 9.84 Å². The molecule has 0 amide bonds. The van der Waals surface area contributed by atoms with Crippen LogP contribution in [0.15, 0.2) is 53.4 Å². The molecule has 0 saturated carbocycles. The van der Waals surface area contributed by atoms with Crippen molar-refractivity contribution in [3.05, 3.63) is 86.2 Å². The van der Waals surface area contributed by atoms with E-state index in [-0.39, 0.29) is 9.92 Å². The van der Waals surface area contributed by atoms with Crippen LogP contribution < -0.4 is 21.9 Å². The lowest BCUT2D eigenvalue weighted by molar-refractivity contribution is 0.602. The number of hydrogen-bond acceptors (Lipinski definition) is 4. The number of hydrogen-bond donors (Lipinski definition) is 2. The minimum Gasteiger partial charge on any atom is -0.404 e. The lowest BCUT2D eigenvalue weighted by Crippen LogP contribution is -2.31. The van der Waals surface area contributed by atoms with Crippen LogP contribution in [0.3, 0.4) is 0 Å². The lowest BCUT2D eigenvalue weighted by atomic mass is 9.96. The molecule has 0 atom stereocenters. The lowest BCUT2D eigenvalue weighted by Gasteiger charge is -2.12. The number of aryl methyl sites for hydroxylation is 3.